The first kappa shape index (κ1) is 23.2. The van der Waals surface area contributed by atoms with Crippen molar-refractivity contribution in [3.63, 3.8) is 0 Å². The smallest absolute Gasteiger partial charge is 0.266 e. The highest BCUT2D eigenvalue weighted by molar-refractivity contribution is 8.26. The molecule has 2 aromatic rings. The van der Waals surface area contributed by atoms with E-state index >= 15 is 0 Å². The molecule has 7 heteroatoms. The minimum absolute atomic E-state index is 0.0148. The van der Waals surface area contributed by atoms with Gasteiger partial charge in [-0.05, 0) is 56.7 Å². The second kappa shape index (κ2) is 10.3. The number of pyridine rings is 1. The van der Waals surface area contributed by atoms with Crippen molar-refractivity contribution in [2.75, 3.05) is 37.7 Å². The number of anilines is 1. The van der Waals surface area contributed by atoms with Gasteiger partial charge in [-0.25, -0.2) is 4.98 Å². The van der Waals surface area contributed by atoms with Crippen LogP contribution in [0.3, 0.4) is 0 Å². The average Bonchev–Trinajstić information content (AvgIpc) is 3.04. The molecule has 3 heterocycles. The molecule has 0 unspecified atom stereocenters. The first-order valence-electron chi connectivity index (χ1n) is 11.5. The monoisotopic (exact) mass is 469 g/mol. The second-order valence-electron chi connectivity index (χ2n) is 8.60. The number of aromatic nitrogens is 1. The van der Waals surface area contributed by atoms with E-state index in [0.717, 1.165) is 60.6 Å². The predicted octanol–water partition coefficient (Wildman–Crippen LogP) is 5.41. The molecule has 0 atom stereocenters. The number of nitrogens with zero attached hydrogens (tertiary/aromatic N) is 3. The Balaban J connectivity index is 1.67. The van der Waals surface area contributed by atoms with Crippen molar-refractivity contribution in [3.05, 3.63) is 40.3 Å². The molecule has 170 valence electrons. The van der Waals surface area contributed by atoms with Crippen molar-refractivity contribution in [1.82, 2.24) is 9.88 Å². The zero-order valence-corrected chi connectivity index (χ0v) is 20.7. The van der Waals surface area contributed by atoms with Crippen LogP contribution in [0.1, 0.15) is 44.2 Å². The van der Waals surface area contributed by atoms with Crippen LogP contribution in [0.15, 0.2) is 29.2 Å². The van der Waals surface area contributed by atoms with Crippen LogP contribution < -0.4 is 4.90 Å². The normalized spacial score (nSPS) is 19.0. The highest BCUT2D eigenvalue weighted by Gasteiger charge is 2.32. The summed E-state index contributed by atoms with van der Waals surface area (Å²) >= 11 is 6.90. The quantitative estimate of drug-likeness (QED) is 0.307. The van der Waals surface area contributed by atoms with E-state index in [4.69, 9.17) is 21.9 Å². The number of fused-ring (bicyclic) bond motifs is 1. The molecule has 1 amide bonds. The summed E-state index contributed by atoms with van der Waals surface area (Å²) in [6, 6.07) is 8.42. The van der Waals surface area contributed by atoms with Crippen LogP contribution in [0.5, 0.6) is 0 Å². The Bertz CT molecular complexity index is 1040. The SMILES string of the molecule is CCOCCCN1C(=O)/C(=C/c2cc3cccc(C)c3nc2N2CCC(C)CC2)SC1=S. The fourth-order valence-corrected chi connectivity index (χ4v) is 5.54. The van der Waals surface area contributed by atoms with Crippen molar-refractivity contribution in [2.45, 2.75) is 40.0 Å². The van der Waals surface area contributed by atoms with Crippen molar-refractivity contribution in [1.29, 1.82) is 0 Å². The highest BCUT2D eigenvalue weighted by atomic mass is 32.2. The molecule has 4 rings (SSSR count). The van der Waals surface area contributed by atoms with Crippen molar-refractivity contribution in [2.24, 2.45) is 5.92 Å². The van der Waals surface area contributed by atoms with Crippen LogP contribution in [0.25, 0.3) is 17.0 Å². The number of amides is 1. The van der Waals surface area contributed by atoms with Gasteiger partial charge in [-0.3, -0.25) is 9.69 Å². The van der Waals surface area contributed by atoms with Crippen LogP contribution in [0, 0.1) is 12.8 Å². The van der Waals surface area contributed by atoms with E-state index in [-0.39, 0.29) is 5.91 Å². The molecule has 0 aliphatic carbocycles. The van der Waals surface area contributed by atoms with E-state index in [0.29, 0.717) is 29.0 Å². The highest BCUT2D eigenvalue weighted by Crippen LogP contribution is 2.36. The molecule has 0 saturated carbocycles. The van der Waals surface area contributed by atoms with Crippen LogP contribution in [-0.2, 0) is 9.53 Å². The van der Waals surface area contributed by atoms with Gasteiger partial charge in [0.1, 0.15) is 10.1 Å². The number of aryl methyl sites for hydroxylation is 1. The van der Waals surface area contributed by atoms with Gasteiger partial charge in [0.2, 0.25) is 0 Å². The van der Waals surface area contributed by atoms with Crippen molar-refractivity contribution < 1.29 is 9.53 Å². The molecule has 2 aliphatic rings. The minimum Gasteiger partial charge on any atom is -0.382 e. The van der Waals surface area contributed by atoms with Gasteiger partial charge >= 0.3 is 0 Å². The molecular formula is C25H31N3O2S2. The fraction of sp³-hybridized carbons (Fsp3) is 0.480. The molecule has 2 fully saturated rings. The number of thiocarbonyl (C=S) groups is 1. The molecule has 0 spiro atoms. The third-order valence-corrected chi connectivity index (χ3v) is 7.55. The Morgan fingerprint density at radius 2 is 2.09 bits per heavy atom. The zero-order valence-electron chi connectivity index (χ0n) is 19.1. The Morgan fingerprint density at radius 1 is 1.31 bits per heavy atom. The lowest BCUT2D eigenvalue weighted by Crippen LogP contribution is -2.34. The third-order valence-electron chi connectivity index (χ3n) is 6.17. The predicted molar refractivity (Wildman–Crippen MR) is 138 cm³/mol. The molecule has 5 nitrogen and oxygen atoms in total. The second-order valence-corrected chi connectivity index (χ2v) is 10.3. The number of hydrogen-bond acceptors (Lipinski definition) is 6. The van der Waals surface area contributed by atoms with Gasteiger partial charge in [-0.1, -0.05) is 49.1 Å². The summed E-state index contributed by atoms with van der Waals surface area (Å²) in [5.74, 6) is 1.70. The summed E-state index contributed by atoms with van der Waals surface area (Å²) in [6.07, 6.45) is 5.09. The number of hydrogen-bond donors (Lipinski definition) is 0. The maximum Gasteiger partial charge on any atom is 0.266 e. The molecule has 1 aromatic carbocycles. The lowest BCUT2D eigenvalue weighted by atomic mass is 9.98. The van der Waals surface area contributed by atoms with E-state index in [9.17, 15) is 4.79 Å². The van der Waals surface area contributed by atoms with Crippen molar-refractivity contribution >= 4 is 57.0 Å². The van der Waals surface area contributed by atoms with E-state index in [1.165, 1.54) is 17.3 Å². The van der Waals surface area contributed by atoms with E-state index < -0.39 is 0 Å². The maximum atomic E-state index is 13.1. The first-order chi connectivity index (χ1) is 15.5. The van der Waals surface area contributed by atoms with Gasteiger partial charge in [0.05, 0.1) is 10.4 Å². The van der Waals surface area contributed by atoms with Crippen LogP contribution in [0.2, 0.25) is 0 Å². The molecular weight excluding hydrogens is 438 g/mol. The van der Waals surface area contributed by atoms with E-state index in [1.807, 2.05) is 13.0 Å². The maximum absolute atomic E-state index is 13.1. The van der Waals surface area contributed by atoms with E-state index in [2.05, 4.69) is 43.0 Å². The lowest BCUT2D eigenvalue weighted by Gasteiger charge is -2.32. The Labute approximate surface area is 200 Å². The summed E-state index contributed by atoms with van der Waals surface area (Å²) in [5.41, 5.74) is 3.19. The number of ether oxygens (including phenoxy) is 1. The molecule has 32 heavy (non-hydrogen) atoms. The number of carbonyl (C=O) groups is 1. The molecule has 0 radical (unpaired) electrons. The van der Waals surface area contributed by atoms with Gasteiger partial charge in [0.15, 0.2) is 0 Å². The van der Waals surface area contributed by atoms with Gasteiger partial charge in [-0.2, -0.15) is 0 Å². The first-order valence-corrected chi connectivity index (χ1v) is 12.7. The van der Waals surface area contributed by atoms with Gasteiger partial charge < -0.3 is 9.64 Å². The largest absolute Gasteiger partial charge is 0.382 e. The average molecular weight is 470 g/mol. The fourth-order valence-electron chi connectivity index (χ4n) is 4.24. The van der Waals surface area contributed by atoms with E-state index in [1.54, 1.807) is 4.90 Å². The summed E-state index contributed by atoms with van der Waals surface area (Å²) in [5, 5.41) is 1.09. The summed E-state index contributed by atoms with van der Waals surface area (Å²) in [4.78, 5) is 23.0. The van der Waals surface area contributed by atoms with Crippen LogP contribution in [-0.4, -0.2) is 53.0 Å². The third kappa shape index (κ3) is 5.00. The van der Waals surface area contributed by atoms with Gasteiger partial charge in [-0.15, -0.1) is 0 Å². The number of rotatable bonds is 7. The number of piperidine rings is 1. The van der Waals surface area contributed by atoms with Crippen LogP contribution >= 0.6 is 24.0 Å². The standard InChI is InChI=1S/C25H31N3O2S2/c1-4-30-14-6-11-28-24(29)21(32-25(28)31)16-20-15-19-8-5-7-18(3)22(19)26-23(20)27-12-9-17(2)10-13-27/h5,7-8,15-17H,4,6,9-14H2,1-3H3/b21-16-. The number of thioether (sulfide) groups is 1. The Kier molecular flexibility index (Phi) is 7.48. The number of carbonyl (C=O) groups excluding carboxylic acids is 1. The lowest BCUT2D eigenvalue weighted by molar-refractivity contribution is -0.122. The molecule has 1 aromatic heterocycles. The minimum atomic E-state index is -0.0148. The summed E-state index contributed by atoms with van der Waals surface area (Å²) in [6.45, 7) is 10.3. The van der Waals surface area contributed by atoms with Gasteiger partial charge in [0, 0.05) is 43.8 Å². The number of para-hydroxylation sites is 1. The summed E-state index contributed by atoms with van der Waals surface area (Å²) < 4.78 is 6.03. The van der Waals surface area contributed by atoms with Crippen LogP contribution in [0.4, 0.5) is 5.82 Å². The van der Waals surface area contributed by atoms with Gasteiger partial charge in [0.25, 0.3) is 5.91 Å². The molecule has 0 bridgehead atoms. The molecule has 0 N–H and O–H groups in total. The zero-order chi connectivity index (χ0) is 22.7. The Morgan fingerprint density at radius 3 is 2.84 bits per heavy atom. The summed E-state index contributed by atoms with van der Waals surface area (Å²) in [7, 11) is 0. The topological polar surface area (TPSA) is 45.7 Å². The molecule has 2 aliphatic heterocycles. The number of benzene rings is 1. The molecule has 2 saturated heterocycles. The Hall–Kier alpha value is -1.96. The van der Waals surface area contributed by atoms with Crippen molar-refractivity contribution in [3.8, 4) is 0 Å².